The second-order valence-electron chi connectivity index (χ2n) is 4.59. The zero-order valence-electron chi connectivity index (χ0n) is 10.4. The Labute approximate surface area is 106 Å². The maximum absolute atomic E-state index is 5.56. The zero-order chi connectivity index (χ0) is 12.4. The molecule has 18 heavy (non-hydrogen) atoms. The van der Waals surface area contributed by atoms with Gasteiger partial charge in [0.05, 0.1) is 18.5 Å². The van der Waals surface area contributed by atoms with Crippen LogP contribution >= 0.6 is 0 Å². The molecule has 0 bridgehead atoms. The van der Waals surface area contributed by atoms with Gasteiger partial charge in [-0.3, -0.25) is 0 Å². The van der Waals surface area contributed by atoms with Crippen molar-refractivity contribution in [3.05, 3.63) is 36.1 Å². The highest BCUT2D eigenvalue weighted by Crippen LogP contribution is 2.32. The molecule has 1 saturated carbocycles. The first-order valence-corrected chi connectivity index (χ1v) is 6.25. The van der Waals surface area contributed by atoms with Crippen LogP contribution in [0, 0.1) is 0 Å². The normalized spacial score (nSPS) is 14.9. The monoisotopic (exact) mass is 247 g/mol. The van der Waals surface area contributed by atoms with Crippen molar-refractivity contribution in [1.82, 2.24) is 10.3 Å². The molecule has 2 aromatic heterocycles. The van der Waals surface area contributed by atoms with Crippen molar-refractivity contribution in [1.29, 1.82) is 0 Å². The fourth-order valence-electron chi connectivity index (χ4n) is 2.00. The van der Waals surface area contributed by atoms with E-state index in [4.69, 9.17) is 8.83 Å². The Morgan fingerprint density at radius 1 is 1.44 bits per heavy atom. The number of rotatable bonds is 6. The summed E-state index contributed by atoms with van der Waals surface area (Å²) in [5.41, 5.74) is 0.928. The lowest BCUT2D eigenvalue weighted by molar-refractivity contribution is 0.476. The molecule has 1 aliphatic carbocycles. The van der Waals surface area contributed by atoms with Crippen LogP contribution in [0.5, 0.6) is 0 Å². The molecule has 0 amide bonds. The summed E-state index contributed by atoms with van der Waals surface area (Å²) in [5, 5.41) is 3.07. The summed E-state index contributed by atoms with van der Waals surface area (Å²) in [5.74, 6) is 0.940. The van der Waals surface area contributed by atoms with Crippen molar-refractivity contribution in [2.24, 2.45) is 0 Å². The van der Waals surface area contributed by atoms with Crippen LogP contribution in [0.1, 0.15) is 24.3 Å². The maximum Gasteiger partial charge on any atom is 0.298 e. The van der Waals surface area contributed by atoms with Crippen LogP contribution in [0.2, 0.25) is 0 Å². The average molecular weight is 247 g/mol. The molecule has 1 fully saturated rings. The summed E-state index contributed by atoms with van der Waals surface area (Å²) in [6.07, 6.45) is 5.81. The Bertz CT molecular complexity index is 488. The maximum atomic E-state index is 5.56. The van der Waals surface area contributed by atoms with Crippen LogP contribution in [-0.4, -0.2) is 18.1 Å². The first-order valence-electron chi connectivity index (χ1n) is 6.25. The van der Waals surface area contributed by atoms with Gasteiger partial charge in [-0.05, 0) is 32.0 Å². The van der Waals surface area contributed by atoms with Crippen molar-refractivity contribution in [2.45, 2.75) is 32.0 Å². The lowest BCUT2D eigenvalue weighted by Crippen LogP contribution is -2.25. The van der Waals surface area contributed by atoms with Gasteiger partial charge in [-0.2, -0.15) is 4.98 Å². The Hall–Kier alpha value is -1.75. The Balaban J connectivity index is 1.76. The molecule has 0 aromatic carbocycles. The highest BCUT2D eigenvalue weighted by Gasteiger charge is 2.32. The highest BCUT2D eigenvalue weighted by atomic mass is 16.4. The minimum Gasteiger partial charge on any atom is -0.467 e. The fraction of sp³-hybridized carbons (Fsp3) is 0.462. The minimum absolute atomic E-state index is 0.538. The molecule has 96 valence electrons. The van der Waals surface area contributed by atoms with E-state index in [2.05, 4.69) is 15.2 Å². The van der Waals surface area contributed by atoms with E-state index in [1.807, 2.05) is 19.2 Å². The Morgan fingerprint density at radius 3 is 3.00 bits per heavy atom. The van der Waals surface area contributed by atoms with E-state index in [1.54, 1.807) is 12.5 Å². The van der Waals surface area contributed by atoms with Gasteiger partial charge in [0, 0.05) is 12.6 Å². The third-order valence-electron chi connectivity index (χ3n) is 3.04. The van der Waals surface area contributed by atoms with E-state index in [1.165, 1.54) is 12.8 Å². The Kier molecular flexibility index (Phi) is 3.06. The number of anilines is 1. The topological polar surface area (TPSA) is 54.4 Å². The molecule has 2 aromatic rings. The largest absolute Gasteiger partial charge is 0.467 e. The van der Waals surface area contributed by atoms with E-state index >= 15 is 0 Å². The second kappa shape index (κ2) is 4.86. The van der Waals surface area contributed by atoms with Gasteiger partial charge in [-0.15, -0.1) is 0 Å². The molecule has 1 aliphatic rings. The number of hydrogen-bond donors (Lipinski definition) is 1. The van der Waals surface area contributed by atoms with Crippen molar-refractivity contribution in [3.8, 4) is 0 Å². The van der Waals surface area contributed by atoms with Crippen LogP contribution in [-0.2, 0) is 13.1 Å². The number of oxazole rings is 1. The average Bonchev–Trinajstić information content (AvgIpc) is 2.89. The third-order valence-corrected chi connectivity index (χ3v) is 3.04. The highest BCUT2D eigenvalue weighted by molar-refractivity contribution is 5.32. The SMILES string of the molecule is CNCc1coc(N(Cc2ccco2)C2CC2)n1. The summed E-state index contributed by atoms with van der Waals surface area (Å²) in [4.78, 5) is 6.68. The van der Waals surface area contributed by atoms with Gasteiger partial charge >= 0.3 is 0 Å². The van der Waals surface area contributed by atoms with Crippen LogP contribution in [0.4, 0.5) is 6.01 Å². The van der Waals surface area contributed by atoms with Crippen molar-refractivity contribution in [3.63, 3.8) is 0 Å². The molecular formula is C13H17N3O2. The molecule has 0 unspecified atom stereocenters. The predicted molar refractivity (Wildman–Crippen MR) is 67.2 cm³/mol. The molecule has 0 saturated heterocycles. The quantitative estimate of drug-likeness (QED) is 0.847. The number of nitrogens with zero attached hydrogens (tertiary/aromatic N) is 2. The van der Waals surface area contributed by atoms with Crippen LogP contribution in [0.15, 0.2) is 33.5 Å². The molecule has 5 heteroatoms. The third kappa shape index (κ3) is 2.41. The number of furan rings is 1. The Morgan fingerprint density at radius 2 is 2.33 bits per heavy atom. The van der Waals surface area contributed by atoms with Gasteiger partial charge in [0.2, 0.25) is 0 Å². The number of aromatic nitrogens is 1. The summed E-state index contributed by atoms with van der Waals surface area (Å²) in [7, 11) is 1.90. The minimum atomic E-state index is 0.538. The zero-order valence-corrected chi connectivity index (χ0v) is 10.4. The van der Waals surface area contributed by atoms with Crippen molar-refractivity contribution in [2.75, 3.05) is 11.9 Å². The molecule has 0 atom stereocenters. The smallest absolute Gasteiger partial charge is 0.298 e. The molecule has 1 N–H and O–H groups in total. The van der Waals surface area contributed by atoms with Crippen molar-refractivity contribution < 1.29 is 8.83 Å². The summed E-state index contributed by atoms with van der Waals surface area (Å²) in [6.45, 7) is 1.44. The molecular weight excluding hydrogens is 230 g/mol. The van der Waals surface area contributed by atoms with E-state index in [0.29, 0.717) is 12.1 Å². The molecule has 0 radical (unpaired) electrons. The molecule has 0 aliphatic heterocycles. The molecule has 5 nitrogen and oxygen atoms in total. The predicted octanol–water partition coefficient (Wildman–Crippen LogP) is 2.16. The van der Waals surface area contributed by atoms with Crippen LogP contribution < -0.4 is 10.2 Å². The molecule has 0 spiro atoms. The van der Waals surface area contributed by atoms with E-state index in [9.17, 15) is 0 Å². The molecule has 3 rings (SSSR count). The van der Waals surface area contributed by atoms with E-state index < -0.39 is 0 Å². The second-order valence-corrected chi connectivity index (χ2v) is 4.59. The number of nitrogens with one attached hydrogen (secondary N) is 1. The summed E-state index contributed by atoms with van der Waals surface area (Å²) >= 11 is 0. The van der Waals surface area contributed by atoms with Gasteiger partial charge in [0.15, 0.2) is 0 Å². The van der Waals surface area contributed by atoms with Gasteiger partial charge in [0.1, 0.15) is 12.0 Å². The fourth-order valence-corrected chi connectivity index (χ4v) is 2.00. The number of hydrogen-bond acceptors (Lipinski definition) is 5. The van der Waals surface area contributed by atoms with Crippen molar-refractivity contribution >= 4 is 6.01 Å². The lowest BCUT2D eigenvalue weighted by atomic mass is 10.4. The lowest BCUT2D eigenvalue weighted by Gasteiger charge is -2.18. The standard InChI is InChI=1S/C13H17N3O2/c1-14-7-10-9-18-13(15-10)16(11-4-5-11)8-12-3-2-6-17-12/h2-3,6,9,11,14H,4-5,7-8H2,1H3. The van der Waals surface area contributed by atoms with Gasteiger partial charge in [0.25, 0.3) is 6.01 Å². The van der Waals surface area contributed by atoms with Gasteiger partial charge in [-0.1, -0.05) is 0 Å². The molecule has 2 heterocycles. The van der Waals surface area contributed by atoms with E-state index in [0.717, 1.165) is 24.5 Å². The van der Waals surface area contributed by atoms with Gasteiger partial charge in [-0.25, -0.2) is 0 Å². The van der Waals surface area contributed by atoms with Crippen LogP contribution in [0.3, 0.4) is 0 Å². The first kappa shape index (κ1) is 11.3. The van der Waals surface area contributed by atoms with Crippen LogP contribution in [0.25, 0.3) is 0 Å². The van der Waals surface area contributed by atoms with Gasteiger partial charge < -0.3 is 19.1 Å². The van der Waals surface area contributed by atoms with E-state index in [-0.39, 0.29) is 0 Å². The summed E-state index contributed by atoms with van der Waals surface area (Å²) in [6, 6.07) is 5.12. The first-order chi connectivity index (χ1) is 8.86. The summed E-state index contributed by atoms with van der Waals surface area (Å²) < 4.78 is 11.0.